The van der Waals surface area contributed by atoms with E-state index >= 15 is 0 Å². The second kappa shape index (κ2) is 7.04. The van der Waals surface area contributed by atoms with Crippen molar-refractivity contribution in [3.8, 4) is 0 Å². The van der Waals surface area contributed by atoms with E-state index in [1.165, 1.54) is 44.9 Å². The monoisotopic (exact) mass is 264 g/mol. The minimum Gasteiger partial charge on any atom is -0.327 e. The van der Waals surface area contributed by atoms with Gasteiger partial charge in [-0.25, -0.2) is 9.67 Å². The van der Waals surface area contributed by atoms with Gasteiger partial charge in [0.2, 0.25) is 0 Å². The molecule has 1 heterocycles. The number of nitrogens with zero attached hydrogens (tertiary/aromatic N) is 3. The molecule has 0 bridgehead atoms. The Kier molecular flexibility index (Phi) is 5.37. The topological polar surface area (TPSA) is 56.7 Å². The summed E-state index contributed by atoms with van der Waals surface area (Å²) in [5.41, 5.74) is 6.45. The van der Waals surface area contributed by atoms with Gasteiger partial charge in [-0.15, -0.1) is 0 Å². The first-order chi connectivity index (χ1) is 9.18. The quantitative estimate of drug-likeness (QED) is 0.909. The van der Waals surface area contributed by atoms with Gasteiger partial charge in [0.05, 0.1) is 0 Å². The maximum atomic E-state index is 6.45. The predicted molar refractivity (Wildman–Crippen MR) is 77.9 cm³/mol. The lowest BCUT2D eigenvalue weighted by Crippen LogP contribution is -2.34. The van der Waals surface area contributed by atoms with Crippen LogP contribution < -0.4 is 5.73 Å². The van der Waals surface area contributed by atoms with E-state index < -0.39 is 0 Å². The van der Waals surface area contributed by atoms with Gasteiger partial charge in [-0.2, -0.15) is 5.10 Å². The zero-order valence-corrected chi connectivity index (χ0v) is 12.4. The Morgan fingerprint density at radius 3 is 2.47 bits per heavy atom. The van der Waals surface area contributed by atoms with Crippen molar-refractivity contribution < 1.29 is 0 Å². The molecule has 19 heavy (non-hydrogen) atoms. The van der Waals surface area contributed by atoms with E-state index in [9.17, 15) is 0 Å². The summed E-state index contributed by atoms with van der Waals surface area (Å²) in [6.45, 7) is 4.28. The molecular weight excluding hydrogens is 236 g/mol. The Balaban J connectivity index is 1.94. The van der Waals surface area contributed by atoms with E-state index in [2.05, 4.69) is 23.9 Å². The van der Waals surface area contributed by atoms with Crippen LogP contribution in [0.4, 0.5) is 0 Å². The number of hydrogen-bond donors (Lipinski definition) is 1. The lowest BCUT2D eigenvalue weighted by Gasteiger charge is -2.25. The van der Waals surface area contributed by atoms with Crippen LogP contribution in [0.15, 0.2) is 6.33 Å². The van der Waals surface area contributed by atoms with Gasteiger partial charge in [-0.3, -0.25) is 0 Å². The van der Waals surface area contributed by atoms with Gasteiger partial charge in [0.1, 0.15) is 12.2 Å². The standard InChI is InChI=1S/C15H28N4/c1-12(2)19-15(17-11-18-19)10-14(16)13-8-6-4-3-5-7-9-13/h11-14H,3-10,16H2,1-2H3. The summed E-state index contributed by atoms with van der Waals surface area (Å²) >= 11 is 0. The molecule has 1 fully saturated rings. The SMILES string of the molecule is CC(C)n1ncnc1CC(N)C1CCCCCCC1. The largest absolute Gasteiger partial charge is 0.327 e. The minimum absolute atomic E-state index is 0.236. The zero-order chi connectivity index (χ0) is 13.7. The third-order valence-electron chi connectivity index (χ3n) is 4.31. The van der Waals surface area contributed by atoms with E-state index in [0.717, 1.165) is 12.2 Å². The molecule has 0 amide bonds. The highest BCUT2D eigenvalue weighted by Crippen LogP contribution is 2.25. The molecule has 4 heteroatoms. The minimum atomic E-state index is 0.236. The predicted octanol–water partition coefficient (Wildman–Crippen LogP) is 3.09. The molecule has 0 radical (unpaired) electrons. The molecule has 1 aromatic heterocycles. The maximum Gasteiger partial charge on any atom is 0.138 e. The third kappa shape index (κ3) is 4.03. The Morgan fingerprint density at radius 2 is 1.84 bits per heavy atom. The average Bonchev–Trinajstić information content (AvgIpc) is 2.76. The van der Waals surface area contributed by atoms with Crippen molar-refractivity contribution in [3.05, 3.63) is 12.2 Å². The fourth-order valence-electron chi connectivity index (χ4n) is 3.14. The fraction of sp³-hybridized carbons (Fsp3) is 0.867. The highest BCUT2D eigenvalue weighted by molar-refractivity contribution is 4.92. The Bertz CT molecular complexity index is 364. The van der Waals surface area contributed by atoms with E-state index in [1.807, 2.05) is 4.68 Å². The third-order valence-corrected chi connectivity index (χ3v) is 4.31. The first kappa shape index (κ1) is 14.5. The summed E-state index contributed by atoms with van der Waals surface area (Å²) < 4.78 is 2.00. The van der Waals surface area contributed by atoms with Crippen LogP contribution in [0.5, 0.6) is 0 Å². The second-order valence-corrected chi connectivity index (χ2v) is 6.19. The average molecular weight is 264 g/mol. The Morgan fingerprint density at radius 1 is 1.21 bits per heavy atom. The van der Waals surface area contributed by atoms with Crippen LogP contribution in [0.2, 0.25) is 0 Å². The summed E-state index contributed by atoms with van der Waals surface area (Å²) in [5.74, 6) is 1.71. The Labute approximate surface area is 116 Å². The fourth-order valence-corrected chi connectivity index (χ4v) is 3.14. The molecule has 0 aliphatic heterocycles. The van der Waals surface area contributed by atoms with Crippen LogP contribution in [0.3, 0.4) is 0 Å². The van der Waals surface area contributed by atoms with Crippen molar-refractivity contribution in [1.82, 2.24) is 14.8 Å². The van der Waals surface area contributed by atoms with Crippen LogP contribution in [-0.4, -0.2) is 20.8 Å². The van der Waals surface area contributed by atoms with Gasteiger partial charge in [-0.1, -0.05) is 32.1 Å². The molecule has 108 valence electrons. The van der Waals surface area contributed by atoms with E-state index in [4.69, 9.17) is 5.73 Å². The number of nitrogens with two attached hydrogens (primary N) is 1. The first-order valence-corrected chi connectivity index (χ1v) is 7.82. The van der Waals surface area contributed by atoms with Crippen molar-refractivity contribution in [3.63, 3.8) is 0 Å². The maximum absolute atomic E-state index is 6.45. The smallest absolute Gasteiger partial charge is 0.138 e. The molecule has 0 saturated heterocycles. The van der Waals surface area contributed by atoms with Gasteiger partial charge in [0.15, 0.2) is 0 Å². The molecule has 0 spiro atoms. The van der Waals surface area contributed by atoms with E-state index in [-0.39, 0.29) is 6.04 Å². The molecule has 4 nitrogen and oxygen atoms in total. The lowest BCUT2D eigenvalue weighted by atomic mass is 9.85. The normalized spacial score (nSPS) is 20.2. The Hall–Kier alpha value is -0.900. The van der Waals surface area contributed by atoms with Crippen LogP contribution >= 0.6 is 0 Å². The highest BCUT2D eigenvalue weighted by Gasteiger charge is 2.21. The van der Waals surface area contributed by atoms with Crippen LogP contribution in [-0.2, 0) is 6.42 Å². The summed E-state index contributed by atoms with van der Waals surface area (Å²) in [4.78, 5) is 4.39. The van der Waals surface area contributed by atoms with Gasteiger partial charge < -0.3 is 5.73 Å². The lowest BCUT2D eigenvalue weighted by molar-refractivity contribution is 0.315. The van der Waals surface area contributed by atoms with Crippen LogP contribution in [0.25, 0.3) is 0 Å². The molecule has 2 rings (SSSR count). The van der Waals surface area contributed by atoms with Gasteiger partial charge in [0.25, 0.3) is 0 Å². The van der Waals surface area contributed by atoms with Crippen molar-refractivity contribution in [1.29, 1.82) is 0 Å². The van der Waals surface area contributed by atoms with Crippen molar-refractivity contribution >= 4 is 0 Å². The molecular formula is C15H28N4. The highest BCUT2D eigenvalue weighted by atomic mass is 15.3. The van der Waals surface area contributed by atoms with Crippen LogP contribution in [0.1, 0.15) is 70.7 Å². The summed E-state index contributed by atoms with van der Waals surface area (Å²) in [6, 6.07) is 0.599. The van der Waals surface area contributed by atoms with Gasteiger partial charge in [-0.05, 0) is 32.6 Å². The molecule has 1 aliphatic rings. The molecule has 2 N–H and O–H groups in total. The first-order valence-electron chi connectivity index (χ1n) is 7.82. The second-order valence-electron chi connectivity index (χ2n) is 6.19. The van der Waals surface area contributed by atoms with Crippen LogP contribution in [0, 0.1) is 5.92 Å². The number of hydrogen-bond acceptors (Lipinski definition) is 3. The number of aromatic nitrogens is 3. The zero-order valence-electron chi connectivity index (χ0n) is 12.4. The van der Waals surface area contributed by atoms with Crippen molar-refractivity contribution in [2.75, 3.05) is 0 Å². The molecule has 1 aromatic rings. The van der Waals surface area contributed by atoms with E-state index in [1.54, 1.807) is 6.33 Å². The molecule has 1 saturated carbocycles. The van der Waals surface area contributed by atoms with Crippen molar-refractivity contribution in [2.45, 2.75) is 77.3 Å². The summed E-state index contributed by atoms with van der Waals surface area (Å²) in [7, 11) is 0. The molecule has 0 aromatic carbocycles. The molecule has 1 aliphatic carbocycles. The summed E-state index contributed by atoms with van der Waals surface area (Å²) in [6.07, 6.45) is 11.9. The van der Waals surface area contributed by atoms with Gasteiger partial charge in [0, 0.05) is 18.5 Å². The van der Waals surface area contributed by atoms with E-state index in [0.29, 0.717) is 12.0 Å². The molecule has 1 atom stereocenters. The summed E-state index contributed by atoms with van der Waals surface area (Å²) in [5, 5.41) is 4.30. The van der Waals surface area contributed by atoms with Gasteiger partial charge >= 0.3 is 0 Å². The van der Waals surface area contributed by atoms with Crippen molar-refractivity contribution in [2.24, 2.45) is 11.7 Å². The molecule has 1 unspecified atom stereocenters. The number of rotatable bonds is 4.